The molecule has 57 heavy (non-hydrogen) atoms. The summed E-state index contributed by atoms with van der Waals surface area (Å²) in [4.78, 5) is 95.4. The van der Waals surface area contributed by atoms with Crippen molar-refractivity contribution in [2.75, 3.05) is 13.1 Å². The maximum Gasteiger partial charge on any atom is 0.326 e. The van der Waals surface area contributed by atoms with Crippen molar-refractivity contribution in [3.05, 3.63) is 29.8 Å². The predicted molar refractivity (Wildman–Crippen MR) is 213 cm³/mol. The van der Waals surface area contributed by atoms with Crippen molar-refractivity contribution in [3.63, 3.8) is 0 Å². The Hall–Kier alpha value is -5.50. The molecule has 7 atom stereocenters. The number of carboxylic acids is 1. The molecule has 1 rings (SSSR count). The zero-order chi connectivity index (χ0) is 43.2. The summed E-state index contributed by atoms with van der Waals surface area (Å²) in [7, 11) is 0. The Morgan fingerprint density at radius 2 is 1.25 bits per heavy atom. The first-order valence-electron chi connectivity index (χ1n) is 19.1. The van der Waals surface area contributed by atoms with Crippen LogP contribution in [-0.4, -0.2) is 107 Å². The summed E-state index contributed by atoms with van der Waals surface area (Å²) in [6, 6.07) is -1.65. The Balaban J connectivity index is 3.27. The monoisotopic (exact) mass is 805 g/mol. The number of nitrogens with zero attached hydrogens (tertiary/aromatic N) is 1. The van der Waals surface area contributed by atoms with Gasteiger partial charge in [0.05, 0.1) is 6.04 Å². The minimum atomic E-state index is -1.44. The van der Waals surface area contributed by atoms with E-state index in [1.54, 1.807) is 27.7 Å². The van der Waals surface area contributed by atoms with Crippen molar-refractivity contribution in [2.45, 2.75) is 122 Å². The molecule has 20 nitrogen and oxygen atoms in total. The minimum Gasteiger partial charge on any atom is -0.508 e. The fraction of sp³-hybridized carbons (Fsp3) is 0.622. The van der Waals surface area contributed by atoms with Crippen molar-refractivity contribution in [2.24, 2.45) is 45.5 Å². The van der Waals surface area contributed by atoms with E-state index >= 15 is 0 Å². The van der Waals surface area contributed by atoms with Gasteiger partial charge in [0.25, 0.3) is 0 Å². The summed E-state index contributed by atoms with van der Waals surface area (Å²) in [6.07, 6.45) is 1.61. The van der Waals surface area contributed by atoms with E-state index in [9.17, 15) is 43.8 Å². The second-order valence-electron chi connectivity index (χ2n) is 14.3. The SMILES string of the molecule is CC[C@H](C)[C@H](NC(=O)[C@@H](NC(=O)[C@H](CCCN=C(N)N)NC(=O)[C@@H](N)CCCCN)C(C)C)C(=O)N[C@@H](CCC(N)=O)C(=O)N[C@@H](Cc1ccc(O)cc1)C(=O)O. The largest absolute Gasteiger partial charge is 0.508 e. The molecule has 1 aromatic carbocycles. The van der Waals surface area contributed by atoms with Gasteiger partial charge in [-0.15, -0.1) is 0 Å². The lowest BCUT2D eigenvalue weighted by molar-refractivity contribution is -0.142. The van der Waals surface area contributed by atoms with Crippen molar-refractivity contribution < 1.29 is 43.8 Å². The average Bonchev–Trinajstić information content (AvgIpc) is 3.14. The molecule has 0 bridgehead atoms. The molecule has 0 unspecified atom stereocenters. The van der Waals surface area contributed by atoms with Crippen LogP contribution in [0.4, 0.5) is 0 Å². The van der Waals surface area contributed by atoms with Crippen LogP contribution in [0.15, 0.2) is 29.3 Å². The van der Waals surface area contributed by atoms with Crippen LogP contribution in [0, 0.1) is 11.8 Å². The number of guanidine groups is 1. The quantitative estimate of drug-likeness (QED) is 0.0258. The standard InChI is InChI=1S/C37H63N11O9/c1-5-21(4)30(35(55)45-26(15-16-28(40)50)32(52)46-27(36(56)57)19-22-11-13-23(49)14-12-22)48-34(54)29(20(2)3)47-33(53)25(10-8-18-43-37(41)42)44-31(51)24(39)9-6-7-17-38/h11-14,20-21,24-27,29-30,49H,5-10,15-19,38-39H2,1-4H3,(H2,40,50)(H,44,51)(H,45,55)(H,46,52)(H,47,53)(H,48,54)(H,56,57)(H4,41,42,43)/t21-,24-,25-,26-,27-,29-,30-/m0/s1. The van der Waals surface area contributed by atoms with Crippen LogP contribution >= 0.6 is 0 Å². The number of carboxylic acid groups (broad SMARTS) is 1. The van der Waals surface area contributed by atoms with Gasteiger partial charge in [-0.1, -0.05) is 52.7 Å². The van der Waals surface area contributed by atoms with E-state index in [0.717, 1.165) is 0 Å². The molecule has 0 heterocycles. The van der Waals surface area contributed by atoms with Gasteiger partial charge in [0, 0.05) is 19.4 Å². The van der Waals surface area contributed by atoms with Crippen molar-refractivity contribution >= 4 is 47.4 Å². The Morgan fingerprint density at radius 3 is 1.79 bits per heavy atom. The molecule has 0 aliphatic rings. The Labute approximate surface area is 333 Å². The van der Waals surface area contributed by atoms with Gasteiger partial charge in [-0.2, -0.15) is 0 Å². The fourth-order valence-corrected chi connectivity index (χ4v) is 5.58. The second-order valence-corrected chi connectivity index (χ2v) is 14.3. The molecule has 17 N–H and O–H groups in total. The molecule has 0 fully saturated rings. The number of aliphatic carboxylic acids is 1. The van der Waals surface area contributed by atoms with Gasteiger partial charge >= 0.3 is 5.97 Å². The maximum atomic E-state index is 13.8. The number of phenols is 1. The van der Waals surface area contributed by atoms with E-state index in [1.165, 1.54) is 24.3 Å². The number of hydrogen-bond acceptors (Lipinski definition) is 11. The molecular formula is C37H63N11O9. The average molecular weight is 806 g/mol. The first-order chi connectivity index (χ1) is 26.8. The fourth-order valence-electron chi connectivity index (χ4n) is 5.58. The molecule has 0 aliphatic heterocycles. The van der Waals surface area contributed by atoms with E-state index < -0.39 is 89.5 Å². The summed E-state index contributed by atoms with van der Waals surface area (Å²) >= 11 is 0. The normalized spacial score (nSPS) is 14.7. The van der Waals surface area contributed by atoms with Crippen LogP contribution in [0.25, 0.3) is 0 Å². The van der Waals surface area contributed by atoms with E-state index in [1.807, 2.05) is 0 Å². The van der Waals surface area contributed by atoms with Crippen LogP contribution < -0.4 is 55.3 Å². The summed E-state index contributed by atoms with van der Waals surface area (Å²) in [5.74, 6) is -7.07. The molecule has 0 saturated heterocycles. The first-order valence-corrected chi connectivity index (χ1v) is 19.1. The number of rotatable bonds is 27. The number of benzene rings is 1. The van der Waals surface area contributed by atoms with Crippen molar-refractivity contribution in [1.29, 1.82) is 0 Å². The molecule has 20 heteroatoms. The van der Waals surface area contributed by atoms with Gasteiger partial charge in [-0.3, -0.25) is 33.8 Å². The highest BCUT2D eigenvalue weighted by molar-refractivity contribution is 5.96. The van der Waals surface area contributed by atoms with Gasteiger partial charge < -0.3 is 65.5 Å². The molecule has 0 saturated carbocycles. The lowest BCUT2D eigenvalue weighted by atomic mass is 9.95. The van der Waals surface area contributed by atoms with Crippen molar-refractivity contribution in [1.82, 2.24) is 26.6 Å². The lowest BCUT2D eigenvalue weighted by Gasteiger charge is -2.30. The third kappa shape index (κ3) is 18.8. The number of unbranched alkanes of at least 4 members (excludes halogenated alkanes) is 1. The Kier molecular flexibility index (Phi) is 22.3. The van der Waals surface area contributed by atoms with E-state index in [-0.39, 0.29) is 43.9 Å². The number of aromatic hydroxyl groups is 1. The summed E-state index contributed by atoms with van der Waals surface area (Å²) in [6.45, 7) is 7.39. The molecule has 320 valence electrons. The smallest absolute Gasteiger partial charge is 0.326 e. The first kappa shape index (κ1) is 49.5. The molecule has 0 aromatic heterocycles. The van der Waals surface area contributed by atoms with Gasteiger partial charge in [0.15, 0.2) is 5.96 Å². The molecule has 0 radical (unpaired) electrons. The molecule has 6 amide bonds. The number of carbonyl (C=O) groups excluding carboxylic acids is 6. The number of hydrogen-bond donors (Lipinski definition) is 12. The molecule has 1 aromatic rings. The topological polar surface area (TPSA) is 363 Å². The highest BCUT2D eigenvalue weighted by Gasteiger charge is 2.35. The zero-order valence-electron chi connectivity index (χ0n) is 33.3. The predicted octanol–water partition coefficient (Wildman–Crippen LogP) is -2.08. The second kappa shape index (κ2) is 25.6. The third-order valence-electron chi connectivity index (χ3n) is 9.23. The van der Waals surface area contributed by atoms with Gasteiger partial charge in [-0.05, 0) is 68.2 Å². The van der Waals surface area contributed by atoms with E-state index in [2.05, 4.69) is 31.6 Å². The van der Waals surface area contributed by atoms with Gasteiger partial charge in [0.1, 0.15) is 36.0 Å². The zero-order valence-corrected chi connectivity index (χ0v) is 33.3. The van der Waals surface area contributed by atoms with Crippen LogP contribution in [-0.2, 0) is 40.0 Å². The number of aliphatic imine (C=N–C) groups is 1. The molecule has 0 aliphatic carbocycles. The summed E-state index contributed by atoms with van der Waals surface area (Å²) in [5.41, 5.74) is 28.2. The van der Waals surface area contributed by atoms with Crippen molar-refractivity contribution in [3.8, 4) is 5.75 Å². The maximum absolute atomic E-state index is 13.8. The molecule has 0 spiro atoms. The van der Waals surface area contributed by atoms with E-state index in [4.69, 9.17) is 28.7 Å². The third-order valence-corrected chi connectivity index (χ3v) is 9.23. The van der Waals surface area contributed by atoms with Crippen LogP contribution in [0.3, 0.4) is 0 Å². The minimum absolute atomic E-state index is 0.0341. The molecular weight excluding hydrogens is 742 g/mol. The highest BCUT2D eigenvalue weighted by Crippen LogP contribution is 2.14. The number of carbonyl (C=O) groups is 7. The number of nitrogens with two attached hydrogens (primary N) is 5. The van der Waals surface area contributed by atoms with Crippen LogP contribution in [0.1, 0.15) is 84.6 Å². The lowest BCUT2D eigenvalue weighted by Crippen LogP contribution is -2.61. The Bertz CT molecular complexity index is 1520. The number of nitrogens with one attached hydrogen (secondary N) is 5. The number of phenolic OH excluding ortho intramolecular Hbond substituents is 1. The number of primary amides is 1. The van der Waals surface area contributed by atoms with E-state index in [0.29, 0.717) is 44.2 Å². The Morgan fingerprint density at radius 1 is 0.702 bits per heavy atom. The van der Waals surface area contributed by atoms with Gasteiger partial charge in [-0.25, -0.2) is 4.79 Å². The van der Waals surface area contributed by atoms with Crippen LogP contribution in [0.2, 0.25) is 0 Å². The number of amides is 6. The van der Waals surface area contributed by atoms with Gasteiger partial charge in [0.2, 0.25) is 35.4 Å². The summed E-state index contributed by atoms with van der Waals surface area (Å²) < 4.78 is 0. The highest BCUT2D eigenvalue weighted by atomic mass is 16.4. The summed E-state index contributed by atoms with van der Waals surface area (Å²) in [5, 5.41) is 32.4. The van der Waals surface area contributed by atoms with Crippen LogP contribution in [0.5, 0.6) is 5.75 Å².